The lowest BCUT2D eigenvalue weighted by molar-refractivity contribution is -0.116. The van der Waals surface area contributed by atoms with Gasteiger partial charge in [0.15, 0.2) is 0 Å². The summed E-state index contributed by atoms with van der Waals surface area (Å²) in [5.41, 5.74) is 1.97. The van der Waals surface area contributed by atoms with E-state index in [1.165, 1.54) is 23.3 Å². The Labute approximate surface area is 170 Å². The lowest BCUT2D eigenvalue weighted by Crippen LogP contribution is -2.36. The molecule has 0 bridgehead atoms. The van der Waals surface area contributed by atoms with Crippen LogP contribution in [0.3, 0.4) is 0 Å². The Morgan fingerprint density at radius 1 is 1.29 bits per heavy atom. The van der Waals surface area contributed by atoms with Gasteiger partial charge in [0.1, 0.15) is 10.8 Å². The van der Waals surface area contributed by atoms with Crippen LogP contribution in [0.5, 0.6) is 5.75 Å². The number of thiophene rings is 1. The molecule has 0 aliphatic carbocycles. The zero-order chi connectivity index (χ0) is 20.0. The minimum absolute atomic E-state index is 0.0395. The maximum atomic E-state index is 12.9. The number of ether oxygens (including phenoxy) is 1. The number of halogens is 1. The van der Waals surface area contributed by atoms with Crippen molar-refractivity contribution in [3.05, 3.63) is 44.8 Å². The van der Waals surface area contributed by atoms with Crippen LogP contribution in [0.4, 0.5) is 5.00 Å². The quantitative estimate of drug-likeness (QED) is 0.811. The highest BCUT2D eigenvalue weighted by molar-refractivity contribution is 7.17. The maximum absolute atomic E-state index is 12.9. The van der Waals surface area contributed by atoms with Crippen LogP contribution in [-0.4, -0.2) is 54.8 Å². The highest BCUT2D eigenvalue weighted by atomic mass is 35.5. The van der Waals surface area contributed by atoms with Crippen molar-refractivity contribution in [2.75, 3.05) is 32.6 Å². The van der Waals surface area contributed by atoms with Crippen molar-refractivity contribution in [1.82, 2.24) is 9.80 Å². The van der Waals surface area contributed by atoms with Gasteiger partial charge in [-0.2, -0.15) is 0 Å². The SMILES string of the molecule is COc1ccc(C(=O)N2CCc3c(sc4c3C(=O)N(C)CC(=O)N4)C2)cc1Cl. The van der Waals surface area contributed by atoms with E-state index in [4.69, 9.17) is 16.3 Å². The molecular formula is C19H18ClN3O4S. The van der Waals surface area contributed by atoms with Gasteiger partial charge >= 0.3 is 0 Å². The van der Waals surface area contributed by atoms with Crippen LogP contribution >= 0.6 is 22.9 Å². The Morgan fingerprint density at radius 3 is 2.79 bits per heavy atom. The second-order valence-electron chi connectivity index (χ2n) is 6.74. The minimum atomic E-state index is -0.214. The number of nitrogens with one attached hydrogen (secondary N) is 1. The fourth-order valence-corrected chi connectivity index (χ4v) is 5.05. The third-order valence-electron chi connectivity index (χ3n) is 4.94. The van der Waals surface area contributed by atoms with Crippen molar-refractivity contribution in [3.8, 4) is 5.75 Å². The fraction of sp³-hybridized carbons (Fsp3) is 0.316. The minimum Gasteiger partial charge on any atom is -0.495 e. The summed E-state index contributed by atoms with van der Waals surface area (Å²) in [6, 6.07) is 4.95. The van der Waals surface area contributed by atoms with Gasteiger partial charge in [-0.25, -0.2) is 0 Å². The number of fused-ring (bicyclic) bond motifs is 3. The Morgan fingerprint density at radius 2 is 2.07 bits per heavy atom. The molecule has 4 rings (SSSR count). The van der Waals surface area contributed by atoms with E-state index in [1.807, 2.05) is 0 Å². The second-order valence-corrected chi connectivity index (χ2v) is 8.26. The van der Waals surface area contributed by atoms with Gasteiger partial charge < -0.3 is 19.9 Å². The lowest BCUT2D eigenvalue weighted by Gasteiger charge is -2.28. The van der Waals surface area contributed by atoms with E-state index in [1.54, 1.807) is 30.1 Å². The summed E-state index contributed by atoms with van der Waals surface area (Å²) in [6.07, 6.45) is 0.562. The van der Waals surface area contributed by atoms with Crippen molar-refractivity contribution in [2.24, 2.45) is 0 Å². The van der Waals surface area contributed by atoms with Gasteiger partial charge in [0.2, 0.25) is 5.91 Å². The first kappa shape index (κ1) is 18.8. The predicted molar refractivity (Wildman–Crippen MR) is 106 cm³/mol. The van der Waals surface area contributed by atoms with E-state index in [0.29, 0.717) is 46.4 Å². The lowest BCUT2D eigenvalue weighted by atomic mass is 10.0. The molecule has 3 heterocycles. The molecule has 2 aromatic rings. The Bertz CT molecular complexity index is 1000. The zero-order valence-electron chi connectivity index (χ0n) is 15.4. The van der Waals surface area contributed by atoms with Crippen LogP contribution in [-0.2, 0) is 17.8 Å². The Hall–Kier alpha value is -2.58. The molecule has 1 aromatic carbocycles. The van der Waals surface area contributed by atoms with Crippen LogP contribution in [0.1, 0.15) is 31.2 Å². The van der Waals surface area contributed by atoms with Crippen LogP contribution < -0.4 is 10.1 Å². The van der Waals surface area contributed by atoms with Gasteiger partial charge in [0, 0.05) is 24.0 Å². The molecule has 0 atom stereocenters. The average molecular weight is 420 g/mol. The topological polar surface area (TPSA) is 79.0 Å². The summed E-state index contributed by atoms with van der Waals surface area (Å²) in [4.78, 5) is 41.6. The third-order valence-corrected chi connectivity index (χ3v) is 6.36. The normalized spacial score (nSPS) is 16.2. The molecule has 0 saturated heterocycles. The molecule has 0 spiro atoms. The highest BCUT2D eigenvalue weighted by Gasteiger charge is 2.34. The van der Waals surface area contributed by atoms with Crippen molar-refractivity contribution in [1.29, 1.82) is 0 Å². The molecule has 3 amide bonds. The van der Waals surface area contributed by atoms with Crippen LogP contribution in [0, 0.1) is 0 Å². The summed E-state index contributed by atoms with van der Waals surface area (Å²) < 4.78 is 5.13. The first-order valence-electron chi connectivity index (χ1n) is 8.71. The predicted octanol–water partition coefficient (Wildman–Crippen LogP) is 2.63. The molecule has 0 saturated carbocycles. The molecule has 146 valence electrons. The van der Waals surface area contributed by atoms with Crippen LogP contribution in [0.2, 0.25) is 5.02 Å². The van der Waals surface area contributed by atoms with E-state index in [-0.39, 0.29) is 24.3 Å². The monoisotopic (exact) mass is 419 g/mol. The van der Waals surface area contributed by atoms with Gasteiger partial charge in [0.25, 0.3) is 11.8 Å². The standard InChI is InChI=1S/C19H18ClN3O4S/c1-22-9-15(24)21-17-16(19(22)26)11-5-6-23(8-14(11)28-17)18(25)10-3-4-13(27-2)12(20)7-10/h3-4,7H,5-6,8-9H2,1-2H3,(H,21,24). The van der Waals surface area contributed by atoms with Crippen molar-refractivity contribution >= 4 is 45.7 Å². The summed E-state index contributed by atoms with van der Waals surface area (Å²) in [5, 5.41) is 3.77. The molecule has 2 aliphatic rings. The second kappa shape index (κ2) is 7.10. The molecule has 28 heavy (non-hydrogen) atoms. The molecule has 1 N–H and O–H groups in total. The summed E-state index contributed by atoms with van der Waals surface area (Å²) in [6.45, 7) is 0.920. The summed E-state index contributed by atoms with van der Waals surface area (Å²) in [5.74, 6) is 0.00682. The number of hydrogen-bond donors (Lipinski definition) is 1. The van der Waals surface area contributed by atoms with E-state index >= 15 is 0 Å². The van der Waals surface area contributed by atoms with Gasteiger partial charge in [-0.1, -0.05) is 11.6 Å². The number of carbonyl (C=O) groups excluding carboxylic acids is 3. The van der Waals surface area contributed by atoms with Crippen molar-refractivity contribution in [3.63, 3.8) is 0 Å². The highest BCUT2D eigenvalue weighted by Crippen LogP contribution is 2.39. The van der Waals surface area contributed by atoms with E-state index in [0.717, 1.165) is 10.4 Å². The average Bonchev–Trinajstić information content (AvgIpc) is 2.98. The molecule has 0 unspecified atom stereocenters. The van der Waals surface area contributed by atoms with Gasteiger partial charge in [-0.05, 0) is 30.2 Å². The molecule has 0 fully saturated rings. The largest absolute Gasteiger partial charge is 0.495 e. The van der Waals surface area contributed by atoms with Gasteiger partial charge in [-0.15, -0.1) is 11.3 Å². The molecule has 7 nitrogen and oxygen atoms in total. The van der Waals surface area contributed by atoms with Gasteiger partial charge in [-0.3, -0.25) is 14.4 Å². The summed E-state index contributed by atoms with van der Waals surface area (Å²) >= 11 is 7.51. The Balaban J connectivity index is 1.62. The molecule has 0 radical (unpaired) electrons. The third kappa shape index (κ3) is 3.12. The maximum Gasteiger partial charge on any atom is 0.257 e. The first-order chi connectivity index (χ1) is 13.4. The van der Waals surface area contributed by atoms with E-state index in [2.05, 4.69) is 5.32 Å². The zero-order valence-corrected chi connectivity index (χ0v) is 16.9. The van der Waals surface area contributed by atoms with Crippen molar-refractivity contribution < 1.29 is 19.1 Å². The molecule has 2 aliphatic heterocycles. The number of benzene rings is 1. The van der Waals surface area contributed by atoms with Gasteiger partial charge in [0.05, 0.1) is 30.8 Å². The van der Waals surface area contributed by atoms with Crippen molar-refractivity contribution in [2.45, 2.75) is 13.0 Å². The number of hydrogen-bond acceptors (Lipinski definition) is 5. The number of rotatable bonds is 2. The van der Waals surface area contributed by atoms with Crippen LogP contribution in [0.25, 0.3) is 0 Å². The molecular weight excluding hydrogens is 402 g/mol. The molecule has 9 heteroatoms. The first-order valence-corrected chi connectivity index (χ1v) is 9.91. The molecule has 1 aromatic heterocycles. The fourth-order valence-electron chi connectivity index (χ4n) is 3.52. The van der Waals surface area contributed by atoms with E-state index < -0.39 is 0 Å². The number of carbonyl (C=O) groups is 3. The number of nitrogens with zero attached hydrogens (tertiary/aromatic N) is 2. The smallest absolute Gasteiger partial charge is 0.257 e. The van der Waals surface area contributed by atoms with E-state index in [9.17, 15) is 14.4 Å². The Kier molecular flexibility index (Phi) is 4.76. The summed E-state index contributed by atoms with van der Waals surface area (Å²) in [7, 11) is 3.14. The number of amides is 3. The number of anilines is 1. The number of likely N-dealkylation sites (N-methyl/N-ethyl adjacent to an activating group) is 1. The number of methoxy groups -OCH3 is 1. The van der Waals surface area contributed by atoms with Crippen LogP contribution in [0.15, 0.2) is 18.2 Å².